The van der Waals surface area contributed by atoms with E-state index in [1.807, 2.05) is 0 Å². The van der Waals surface area contributed by atoms with Gasteiger partial charge in [0.05, 0.1) is 23.4 Å². The van der Waals surface area contributed by atoms with Crippen LogP contribution >= 0.6 is 23.2 Å². The molecular weight excluding hydrogens is 209 g/mol. The van der Waals surface area contributed by atoms with Gasteiger partial charge in [0.15, 0.2) is 0 Å². The molecular formula is C9H9Cl2NO. The molecule has 0 bridgehead atoms. The first-order chi connectivity index (χ1) is 6.22. The largest absolute Gasteiger partial charge is 0.394 e. The molecule has 1 heterocycles. The number of fused-ring (bicyclic) bond motifs is 1. The van der Waals surface area contributed by atoms with Gasteiger partial charge in [-0.05, 0) is 24.1 Å². The molecule has 2 nitrogen and oxygen atoms in total. The molecule has 1 unspecified atom stereocenters. The molecule has 2 N–H and O–H groups in total. The van der Waals surface area contributed by atoms with Crippen LogP contribution in [-0.4, -0.2) is 17.8 Å². The van der Waals surface area contributed by atoms with Crippen molar-refractivity contribution >= 4 is 28.9 Å². The van der Waals surface area contributed by atoms with E-state index >= 15 is 0 Å². The van der Waals surface area contributed by atoms with Gasteiger partial charge in [0, 0.05) is 5.02 Å². The minimum atomic E-state index is 0.0485. The molecule has 0 aliphatic carbocycles. The number of benzene rings is 1. The van der Waals surface area contributed by atoms with E-state index in [4.69, 9.17) is 28.3 Å². The molecule has 0 saturated carbocycles. The summed E-state index contributed by atoms with van der Waals surface area (Å²) in [7, 11) is 0. The Bertz CT molecular complexity index is 310. The van der Waals surface area contributed by atoms with Crippen LogP contribution < -0.4 is 5.32 Å². The van der Waals surface area contributed by atoms with E-state index in [-0.39, 0.29) is 12.6 Å². The molecule has 70 valence electrons. The van der Waals surface area contributed by atoms with Crippen molar-refractivity contribution in [2.45, 2.75) is 12.5 Å². The Morgan fingerprint density at radius 2 is 2.08 bits per heavy atom. The summed E-state index contributed by atoms with van der Waals surface area (Å²) in [6.45, 7) is 0.0985. The maximum Gasteiger partial charge on any atom is 0.0641 e. The van der Waals surface area contributed by atoms with Crippen LogP contribution in [0.1, 0.15) is 5.56 Å². The lowest BCUT2D eigenvalue weighted by Gasteiger charge is -2.06. The molecule has 1 aliphatic heterocycles. The summed E-state index contributed by atoms with van der Waals surface area (Å²) >= 11 is 11.9. The Balaban J connectivity index is 2.43. The third-order valence-electron chi connectivity index (χ3n) is 2.22. The van der Waals surface area contributed by atoms with Crippen molar-refractivity contribution in [3.63, 3.8) is 0 Å². The van der Waals surface area contributed by atoms with Gasteiger partial charge in [-0.1, -0.05) is 23.2 Å². The van der Waals surface area contributed by atoms with E-state index in [2.05, 4.69) is 5.32 Å². The molecule has 0 spiro atoms. The van der Waals surface area contributed by atoms with Gasteiger partial charge in [-0.3, -0.25) is 0 Å². The van der Waals surface area contributed by atoms with Gasteiger partial charge in [0.25, 0.3) is 0 Å². The number of aliphatic hydroxyl groups excluding tert-OH is 1. The number of nitrogens with one attached hydrogen (secondary N) is 1. The lowest BCUT2D eigenvalue weighted by molar-refractivity contribution is 0.277. The van der Waals surface area contributed by atoms with Crippen LogP contribution in [0, 0.1) is 0 Å². The van der Waals surface area contributed by atoms with Crippen molar-refractivity contribution in [1.82, 2.24) is 0 Å². The average Bonchev–Trinajstić information content (AvgIpc) is 2.56. The third-order valence-corrected chi connectivity index (χ3v) is 2.89. The van der Waals surface area contributed by atoms with Crippen LogP contribution in [0.25, 0.3) is 0 Å². The standard InChI is InChI=1S/C9H9Cl2NO/c10-7-1-2-8(11)9-6(7)3-5(4-13)12-9/h1-2,5,12-13H,3-4H2. The number of anilines is 1. The van der Waals surface area contributed by atoms with Crippen LogP contribution in [0.5, 0.6) is 0 Å². The Labute approximate surface area is 86.5 Å². The van der Waals surface area contributed by atoms with Crippen LogP contribution in [0.3, 0.4) is 0 Å². The zero-order valence-electron chi connectivity index (χ0n) is 6.85. The smallest absolute Gasteiger partial charge is 0.0641 e. The van der Waals surface area contributed by atoms with Crippen molar-refractivity contribution < 1.29 is 5.11 Å². The molecule has 0 fully saturated rings. The van der Waals surface area contributed by atoms with E-state index in [1.54, 1.807) is 12.1 Å². The summed E-state index contributed by atoms with van der Waals surface area (Å²) in [5.41, 5.74) is 1.88. The summed E-state index contributed by atoms with van der Waals surface area (Å²) in [4.78, 5) is 0. The summed E-state index contributed by atoms with van der Waals surface area (Å²) in [5, 5.41) is 13.5. The molecule has 0 saturated heterocycles. The number of aliphatic hydroxyl groups is 1. The van der Waals surface area contributed by atoms with E-state index < -0.39 is 0 Å². The molecule has 0 aromatic heterocycles. The van der Waals surface area contributed by atoms with Crippen molar-refractivity contribution in [2.24, 2.45) is 0 Å². The zero-order chi connectivity index (χ0) is 9.42. The maximum atomic E-state index is 8.97. The summed E-state index contributed by atoms with van der Waals surface area (Å²) in [6, 6.07) is 3.59. The molecule has 4 heteroatoms. The highest BCUT2D eigenvalue weighted by Gasteiger charge is 2.23. The molecule has 2 rings (SSSR count). The highest BCUT2D eigenvalue weighted by atomic mass is 35.5. The Kier molecular flexibility index (Phi) is 2.37. The molecule has 13 heavy (non-hydrogen) atoms. The van der Waals surface area contributed by atoms with Crippen molar-refractivity contribution in [2.75, 3.05) is 11.9 Å². The van der Waals surface area contributed by atoms with E-state index in [0.29, 0.717) is 10.0 Å². The fourth-order valence-corrected chi connectivity index (χ4v) is 2.03. The lowest BCUT2D eigenvalue weighted by Crippen LogP contribution is -2.19. The fourth-order valence-electron chi connectivity index (χ4n) is 1.56. The first-order valence-electron chi connectivity index (χ1n) is 4.06. The minimum Gasteiger partial charge on any atom is -0.394 e. The Morgan fingerprint density at radius 3 is 2.69 bits per heavy atom. The second-order valence-corrected chi connectivity index (χ2v) is 3.93. The summed E-state index contributed by atoms with van der Waals surface area (Å²) in [6.07, 6.45) is 0.741. The van der Waals surface area contributed by atoms with Gasteiger partial charge < -0.3 is 10.4 Å². The van der Waals surface area contributed by atoms with Crippen LogP contribution in [-0.2, 0) is 6.42 Å². The quantitative estimate of drug-likeness (QED) is 0.758. The number of hydrogen-bond donors (Lipinski definition) is 2. The van der Waals surface area contributed by atoms with Crippen molar-refractivity contribution in [3.8, 4) is 0 Å². The Morgan fingerprint density at radius 1 is 1.38 bits per heavy atom. The van der Waals surface area contributed by atoms with Crippen molar-refractivity contribution in [1.29, 1.82) is 0 Å². The Hall–Kier alpha value is -0.440. The normalized spacial score (nSPS) is 19.8. The zero-order valence-corrected chi connectivity index (χ0v) is 8.36. The molecule has 1 aliphatic rings. The van der Waals surface area contributed by atoms with Gasteiger partial charge in [-0.2, -0.15) is 0 Å². The van der Waals surface area contributed by atoms with Gasteiger partial charge in [0.2, 0.25) is 0 Å². The minimum absolute atomic E-state index is 0.0485. The second kappa shape index (κ2) is 3.37. The van der Waals surface area contributed by atoms with E-state index in [0.717, 1.165) is 17.7 Å². The predicted molar refractivity (Wildman–Crippen MR) is 54.7 cm³/mol. The van der Waals surface area contributed by atoms with E-state index in [9.17, 15) is 0 Å². The number of rotatable bonds is 1. The lowest BCUT2D eigenvalue weighted by atomic mass is 10.1. The fraction of sp³-hybridized carbons (Fsp3) is 0.333. The highest BCUT2D eigenvalue weighted by Crippen LogP contribution is 2.37. The first-order valence-corrected chi connectivity index (χ1v) is 4.82. The molecule has 1 aromatic carbocycles. The monoisotopic (exact) mass is 217 g/mol. The van der Waals surface area contributed by atoms with Crippen LogP contribution in [0.2, 0.25) is 10.0 Å². The topological polar surface area (TPSA) is 32.3 Å². The van der Waals surface area contributed by atoms with Crippen molar-refractivity contribution in [3.05, 3.63) is 27.7 Å². The highest BCUT2D eigenvalue weighted by molar-refractivity contribution is 6.36. The van der Waals surface area contributed by atoms with Gasteiger partial charge in [-0.25, -0.2) is 0 Å². The van der Waals surface area contributed by atoms with Crippen LogP contribution in [0.4, 0.5) is 5.69 Å². The molecule has 1 aromatic rings. The molecule has 0 amide bonds. The summed E-state index contributed by atoms with van der Waals surface area (Å²) < 4.78 is 0. The third kappa shape index (κ3) is 1.50. The van der Waals surface area contributed by atoms with Gasteiger partial charge in [0.1, 0.15) is 0 Å². The van der Waals surface area contributed by atoms with Gasteiger partial charge in [-0.15, -0.1) is 0 Å². The second-order valence-electron chi connectivity index (χ2n) is 3.11. The SMILES string of the molecule is OCC1Cc2c(Cl)ccc(Cl)c2N1. The molecule has 1 atom stereocenters. The average molecular weight is 218 g/mol. The maximum absolute atomic E-state index is 8.97. The number of halogens is 2. The first kappa shape index (κ1) is 9.13. The number of hydrogen-bond acceptors (Lipinski definition) is 2. The summed E-state index contributed by atoms with van der Waals surface area (Å²) in [5.74, 6) is 0. The molecule has 0 radical (unpaired) electrons. The van der Waals surface area contributed by atoms with E-state index in [1.165, 1.54) is 0 Å². The predicted octanol–water partition coefficient (Wildman–Crippen LogP) is 2.32. The van der Waals surface area contributed by atoms with Gasteiger partial charge >= 0.3 is 0 Å². The van der Waals surface area contributed by atoms with Crippen LogP contribution in [0.15, 0.2) is 12.1 Å².